The molecule has 0 bridgehead atoms. The van der Waals surface area contributed by atoms with Crippen molar-refractivity contribution in [3.63, 3.8) is 0 Å². The Morgan fingerprint density at radius 2 is 2.22 bits per heavy atom. The van der Waals surface area contributed by atoms with Gasteiger partial charge in [0.1, 0.15) is 28.7 Å². The van der Waals surface area contributed by atoms with Gasteiger partial charge in [0.15, 0.2) is 0 Å². The maximum Gasteiger partial charge on any atom is 0.258 e. The van der Waals surface area contributed by atoms with E-state index in [4.69, 9.17) is 20.9 Å². The Labute approximate surface area is 158 Å². The van der Waals surface area contributed by atoms with E-state index in [-0.39, 0.29) is 0 Å². The molecule has 4 aromatic rings. The SMILES string of the molecule is Cc1c2c(-c3noc(C4(C)CCCO4)n3)ncn2c2ccc(Cl)cc2[n+]1[O-]. The Bertz CT molecular complexity index is 1190. The number of aromatic nitrogens is 5. The molecule has 0 aliphatic carbocycles. The molecule has 1 aromatic carbocycles. The number of rotatable bonds is 2. The molecule has 4 heterocycles. The molecule has 27 heavy (non-hydrogen) atoms. The molecule has 0 N–H and O–H groups in total. The predicted molar refractivity (Wildman–Crippen MR) is 97.2 cm³/mol. The Hall–Kier alpha value is -2.71. The van der Waals surface area contributed by atoms with Gasteiger partial charge >= 0.3 is 0 Å². The fraction of sp³-hybridized carbons (Fsp3) is 0.333. The number of aryl methyl sites for hydroxylation is 1. The van der Waals surface area contributed by atoms with E-state index in [1.54, 1.807) is 31.5 Å². The van der Waals surface area contributed by atoms with Crippen molar-refractivity contribution in [3.05, 3.63) is 46.3 Å². The monoisotopic (exact) mass is 385 g/mol. The average molecular weight is 386 g/mol. The van der Waals surface area contributed by atoms with Crippen LogP contribution in [0.3, 0.4) is 0 Å². The third-order valence-electron chi connectivity index (χ3n) is 5.14. The van der Waals surface area contributed by atoms with Crippen LogP contribution in [0.2, 0.25) is 5.02 Å². The Balaban J connectivity index is 1.72. The first-order valence-corrected chi connectivity index (χ1v) is 9.03. The van der Waals surface area contributed by atoms with Crippen LogP contribution in [0.15, 0.2) is 29.0 Å². The van der Waals surface area contributed by atoms with Gasteiger partial charge in [-0.2, -0.15) is 9.71 Å². The third-order valence-corrected chi connectivity index (χ3v) is 5.37. The van der Waals surface area contributed by atoms with Gasteiger partial charge in [-0.25, -0.2) is 4.98 Å². The Morgan fingerprint density at radius 3 is 3.00 bits per heavy atom. The van der Waals surface area contributed by atoms with Crippen molar-refractivity contribution >= 4 is 28.2 Å². The lowest BCUT2D eigenvalue weighted by atomic mass is 10.0. The van der Waals surface area contributed by atoms with Crippen LogP contribution in [0.4, 0.5) is 0 Å². The summed E-state index contributed by atoms with van der Waals surface area (Å²) >= 11 is 6.05. The van der Waals surface area contributed by atoms with Gasteiger partial charge < -0.3 is 14.5 Å². The van der Waals surface area contributed by atoms with E-state index >= 15 is 0 Å². The van der Waals surface area contributed by atoms with E-state index in [0.29, 0.717) is 51.3 Å². The molecule has 0 saturated carbocycles. The molecule has 1 atom stereocenters. The van der Waals surface area contributed by atoms with Crippen molar-refractivity contribution in [3.8, 4) is 11.5 Å². The first-order chi connectivity index (χ1) is 13.0. The highest BCUT2D eigenvalue weighted by atomic mass is 35.5. The van der Waals surface area contributed by atoms with Crippen molar-refractivity contribution in [2.24, 2.45) is 0 Å². The zero-order valence-corrected chi connectivity index (χ0v) is 15.5. The van der Waals surface area contributed by atoms with E-state index in [1.807, 2.05) is 11.3 Å². The molecule has 1 fully saturated rings. The normalized spacial score (nSPS) is 20.1. The number of imidazole rings is 1. The lowest BCUT2D eigenvalue weighted by molar-refractivity contribution is -0.583. The van der Waals surface area contributed by atoms with Crippen LogP contribution in [0, 0.1) is 12.1 Å². The van der Waals surface area contributed by atoms with Crippen molar-refractivity contribution in [1.29, 1.82) is 0 Å². The minimum absolute atomic E-state index is 0.334. The molecule has 0 radical (unpaired) electrons. The van der Waals surface area contributed by atoms with Crippen LogP contribution in [-0.4, -0.2) is 26.1 Å². The smallest absolute Gasteiger partial charge is 0.258 e. The minimum atomic E-state index is -0.572. The zero-order valence-electron chi connectivity index (χ0n) is 14.8. The molecule has 1 aliphatic heterocycles. The summed E-state index contributed by atoms with van der Waals surface area (Å²) in [7, 11) is 0. The molecule has 0 amide bonds. The summed E-state index contributed by atoms with van der Waals surface area (Å²) in [6, 6.07) is 5.17. The van der Waals surface area contributed by atoms with Gasteiger partial charge in [0.2, 0.25) is 17.0 Å². The number of nitrogens with zero attached hydrogens (tertiary/aromatic N) is 5. The second-order valence-corrected chi connectivity index (χ2v) is 7.37. The van der Waals surface area contributed by atoms with E-state index in [1.165, 1.54) is 0 Å². The predicted octanol–water partition coefficient (Wildman–Crippen LogP) is 3.16. The van der Waals surface area contributed by atoms with Gasteiger partial charge in [-0.15, -0.1) is 0 Å². The summed E-state index contributed by atoms with van der Waals surface area (Å²) in [5, 5.41) is 17.4. The molecule has 138 valence electrons. The summed E-state index contributed by atoms with van der Waals surface area (Å²) in [6.07, 6.45) is 3.42. The van der Waals surface area contributed by atoms with Gasteiger partial charge in [0.25, 0.3) is 5.89 Å². The third kappa shape index (κ3) is 2.33. The summed E-state index contributed by atoms with van der Waals surface area (Å²) in [4.78, 5) is 8.97. The van der Waals surface area contributed by atoms with Crippen molar-refractivity contribution in [2.45, 2.75) is 32.3 Å². The fourth-order valence-corrected chi connectivity index (χ4v) is 3.83. The summed E-state index contributed by atoms with van der Waals surface area (Å²) < 4.78 is 13.9. The van der Waals surface area contributed by atoms with E-state index < -0.39 is 5.60 Å². The number of fused-ring (bicyclic) bond motifs is 3. The molecule has 9 heteroatoms. The second kappa shape index (κ2) is 5.64. The molecule has 5 rings (SSSR count). The van der Waals surface area contributed by atoms with Crippen LogP contribution in [0.25, 0.3) is 28.1 Å². The van der Waals surface area contributed by atoms with Crippen molar-refractivity contribution < 1.29 is 14.0 Å². The molecule has 8 nitrogen and oxygen atoms in total. The molecular weight excluding hydrogens is 370 g/mol. The minimum Gasteiger partial charge on any atom is -0.618 e. The largest absolute Gasteiger partial charge is 0.618 e. The highest BCUT2D eigenvalue weighted by Crippen LogP contribution is 2.36. The van der Waals surface area contributed by atoms with E-state index in [0.717, 1.165) is 17.6 Å². The summed E-state index contributed by atoms with van der Waals surface area (Å²) in [5.41, 5.74) is 2.19. The van der Waals surface area contributed by atoms with Crippen LogP contribution < -0.4 is 4.73 Å². The van der Waals surface area contributed by atoms with Gasteiger partial charge in [0, 0.05) is 24.6 Å². The number of halogens is 1. The molecule has 3 aromatic heterocycles. The topological polar surface area (TPSA) is 92.4 Å². The highest BCUT2D eigenvalue weighted by Gasteiger charge is 2.38. The summed E-state index contributed by atoms with van der Waals surface area (Å²) in [6.45, 7) is 4.35. The first kappa shape index (κ1) is 16.5. The number of ether oxygens (including phenoxy) is 1. The number of benzene rings is 1. The lowest BCUT2D eigenvalue weighted by Gasteiger charge is -2.16. The molecule has 1 unspecified atom stereocenters. The van der Waals surface area contributed by atoms with Crippen LogP contribution in [0.5, 0.6) is 0 Å². The highest BCUT2D eigenvalue weighted by molar-refractivity contribution is 6.31. The Morgan fingerprint density at radius 1 is 1.37 bits per heavy atom. The molecule has 1 saturated heterocycles. The number of hydrogen-bond donors (Lipinski definition) is 0. The summed E-state index contributed by atoms with van der Waals surface area (Å²) in [5.74, 6) is 0.761. The van der Waals surface area contributed by atoms with Crippen LogP contribution >= 0.6 is 11.6 Å². The van der Waals surface area contributed by atoms with Gasteiger partial charge in [-0.3, -0.25) is 4.40 Å². The standard InChI is InChI=1S/C18H16ClN5O3/c1-10-15-14(16-21-17(27-22-16)18(2)6-3-7-26-18)20-9-23(15)12-5-4-11(19)8-13(12)24(10)25/h4-5,8-9H,3,6-7H2,1-2H3. The lowest BCUT2D eigenvalue weighted by Crippen LogP contribution is -2.32. The first-order valence-electron chi connectivity index (χ1n) is 8.65. The second-order valence-electron chi connectivity index (χ2n) is 6.93. The van der Waals surface area contributed by atoms with Crippen LogP contribution in [0.1, 0.15) is 31.4 Å². The zero-order chi connectivity index (χ0) is 18.8. The van der Waals surface area contributed by atoms with Gasteiger partial charge in [-0.1, -0.05) is 16.8 Å². The Kier molecular flexibility index (Phi) is 3.44. The van der Waals surface area contributed by atoms with Gasteiger partial charge in [0.05, 0.1) is 0 Å². The maximum absolute atomic E-state index is 12.8. The van der Waals surface area contributed by atoms with Crippen LogP contribution in [-0.2, 0) is 10.3 Å². The fourth-order valence-electron chi connectivity index (χ4n) is 3.66. The quantitative estimate of drug-likeness (QED) is 0.388. The average Bonchev–Trinajstić information content (AvgIpc) is 3.38. The van der Waals surface area contributed by atoms with E-state index in [9.17, 15) is 5.21 Å². The van der Waals surface area contributed by atoms with E-state index in [2.05, 4.69) is 15.1 Å². The maximum atomic E-state index is 12.8. The molecule has 1 aliphatic rings. The van der Waals surface area contributed by atoms with Gasteiger partial charge in [-0.05, 0) is 31.9 Å². The van der Waals surface area contributed by atoms with Crippen molar-refractivity contribution in [2.75, 3.05) is 6.61 Å². The van der Waals surface area contributed by atoms with Crippen molar-refractivity contribution in [1.82, 2.24) is 19.5 Å². The molecule has 0 spiro atoms. The molecular formula is C18H16ClN5O3. The number of hydrogen-bond acceptors (Lipinski definition) is 6.